The number of carbonyl (C=O) groups is 2. The number of benzene rings is 1. The van der Waals surface area contributed by atoms with Gasteiger partial charge in [0, 0.05) is 19.9 Å². The molecule has 0 radical (unpaired) electrons. The number of nitrogens with zero attached hydrogens (tertiary/aromatic N) is 1. The van der Waals surface area contributed by atoms with Crippen LogP contribution in [-0.2, 0) is 16.0 Å². The number of hydrogen-bond acceptors (Lipinski definition) is 3. The van der Waals surface area contributed by atoms with E-state index in [0.29, 0.717) is 5.56 Å². The first-order chi connectivity index (χ1) is 8.85. The van der Waals surface area contributed by atoms with E-state index >= 15 is 0 Å². The first-order valence-electron chi connectivity index (χ1n) is 5.93. The molecule has 6 heteroatoms. The van der Waals surface area contributed by atoms with Gasteiger partial charge in [-0.2, -0.15) is 0 Å². The molecule has 0 aromatic heterocycles. The summed E-state index contributed by atoms with van der Waals surface area (Å²) in [6, 6.07) is 4.34. The maximum atomic E-state index is 13.9. The van der Waals surface area contributed by atoms with E-state index < -0.39 is 17.3 Å². The number of rotatable bonds is 1. The zero-order chi connectivity index (χ0) is 14.2. The van der Waals surface area contributed by atoms with Crippen molar-refractivity contribution in [3.8, 4) is 0 Å². The fraction of sp³-hybridized carbons (Fsp3) is 0.385. The van der Waals surface area contributed by atoms with Crippen molar-refractivity contribution in [1.29, 1.82) is 0 Å². The van der Waals surface area contributed by atoms with Crippen LogP contribution in [-0.4, -0.2) is 29.1 Å². The highest BCUT2D eigenvalue weighted by atomic mass is 19.1. The number of fused-ring (bicyclic) bond motifs is 1. The molecule has 0 bridgehead atoms. The SMILES string of the molecule is CC(=O)N1CCC(N)(C(=O)O)Cc2cccc(F)c21. The quantitative estimate of drug-likeness (QED) is 0.791. The van der Waals surface area contributed by atoms with Gasteiger partial charge >= 0.3 is 5.97 Å². The molecule has 0 saturated carbocycles. The van der Waals surface area contributed by atoms with E-state index in [1.54, 1.807) is 6.07 Å². The van der Waals surface area contributed by atoms with Crippen LogP contribution >= 0.6 is 0 Å². The third-order valence-corrected chi connectivity index (χ3v) is 3.43. The molecular formula is C13H15FN2O3. The molecule has 3 N–H and O–H groups in total. The van der Waals surface area contributed by atoms with Gasteiger partial charge in [-0.05, 0) is 18.1 Å². The number of nitrogens with two attached hydrogens (primary N) is 1. The Morgan fingerprint density at radius 3 is 2.74 bits per heavy atom. The highest BCUT2D eigenvalue weighted by Gasteiger charge is 2.39. The van der Waals surface area contributed by atoms with Crippen molar-refractivity contribution in [3.63, 3.8) is 0 Å². The molecule has 1 amide bonds. The molecule has 0 aliphatic carbocycles. The van der Waals surface area contributed by atoms with E-state index in [1.807, 2.05) is 0 Å². The van der Waals surface area contributed by atoms with Crippen molar-refractivity contribution in [2.75, 3.05) is 11.4 Å². The van der Waals surface area contributed by atoms with Gasteiger partial charge in [-0.15, -0.1) is 0 Å². The van der Waals surface area contributed by atoms with E-state index in [2.05, 4.69) is 0 Å². The van der Waals surface area contributed by atoms with Gasteiger partial charge in [0.25, 0.3) is 0 Å². The molecule has 1 aliphatic heterocycles. The number of halogens is 1. The number of carbonyl (C=O) groups excluding carboxylic acids is 1. The van der Waals surface area contributed by atoms with Crippen LogP contribution < -0.4 is 10.6 Å². The average Bonchev–Trinajstić information content (AvgIpc) is 2.47. The predicted molar refractivity (Wildman–Crippen MR) is 67.3 cm³/mol. The summed E-state index contributed by atoms with van der Waals surface area (Å²) in [6.07, 6.45) is 0.0786. The molecule has 1 aromatic carbocycles. The van der Waals surface area contributed by atoms with Crippen LogP contribution in [0.25, 0.3) is 0 Å². The van der Waals surface area contributed by atoms with Gasteiger partial charge in [0.2, 0.25) is 5.91 Å². The van der Waals surface area contributed by atoms with Crippen molar-refractivity contribution in [3.05, 3.63) is 29.6 Å². The summed E-state index contributed by atoms with van der Waals surface area (Å²) in [7, 11) is 0. The number of carboxylic acid groups (broad SMARTS) is 1. The third kappa shape index (κ3) is 2.31. The lowest BCUT2D eigenvalue weighted by Gasteiger charge is -2.23. The fourth-order valence-corrected chi connectivity index (χ4v) is 2.35. The Morgan fingerprint density at radius 2 is 2.16 bits per heavy atom. The van der Waals surface area contributed by atoms with Gasteiger partial charge in [0.1, 0.15) is 11.4 Å². The predicted octanol–water partition coefficient (Wildman–Crippen LogP) is 0.907. The summed E-state index contributed by atoms with van der Waals surface area (Å²) in [4.78, 5) is 24.1. The largest absolute Gasteiger partial charge is 0.480 e. The Labute approximate surface area is 109 Å². The highest BCUT2D eigenvalue weighted by Crippen LogP contribution is 2.32. The minimum Gasteiger partial charge on any atom is -0.480 e. The Morgan fingerprint density at radius 1 is 1.47 bits per heavy atom. The van der Waals surface area contributed by atoms with Crippen LogP contribution in [0.5, 0.6) is 0 Å². The van der Waals surface area contributed by atoms with Crippen molar-refractivity contribution in [2.45, 2.75) is 25.3 Å². The highest BCUT2D eigenvalue weighted by molar-refractivity contribution is 5.93. The Kier molecular flexibility index (Phi) is 3.28. The minimum absolute atomic E-state index is 0.000787. The van der Waals surface area contributed by atoms with Crippen LogP contribution in [0, 0.1) is 5.82 Å². The standard InChI is InChI=1S/C13H15FN2O3/c1-8(17)16-6-5-13(15,12(18)19)7-9-3-2-4-10(14)11(9)16/h2-4H,5-7,15H2,1H3,(H,18,19). The van der Waals surface area contributed by atoms with Gasteiger partial charge in [-0.3, -0.25) is 9.59 Å². The van der Waals surface area contributed by atoms with Crippen LogP contribution in [0.2, 0.25) is 0 Å². The number of hydrogen-bond donors (Lipinski definition) is 2. The van der Waals surface area contributed by atoms with Gasteiger partial charge in [-0.1, -0.05) is 12.1 Å². The lowest BCUT2D eigenvalue weighted by molar-refractivity contribution is -0.143. The number of para-hydroxylation sites is 1. The molecule has 0 spiro atoms. The number of amides is 1. The van der Waals surface area contributed by atoms with Crippen LogP contribution in [0.1, 0.15) is 18.9 Å². The van der Waals surface area contributed by atoms with Crippen molar-refractivity contribution >= 4 is 17.6 Å². The first-order valence-corrected chi connectivity index (χ1v) is 5.93. The van der Waals surface area contributed by atoms with E-state index in [9.17, 15) is 19.1 Å². The molecule has 1 atom stereocenters. The molecule has 1 aliphatic rings. The van der Waals surface area contributed by atoms with Crippen LogP contribution in [0.3, 0.4) is 0 Å². The molecule has 1 aromatic rings. The van der Waals surface area contributed by atoms with Crippen molar-refractivity contribution in [1.82, 2.24) is 0 Å². The van der Waals surface area contributed by atoms with Crippen LogP contribution in [0.4, 0.5) is 10.1 Å². The van der Waals surface area contributed by atoms with Gasteiger partial charge in [0.05, 0.1) is 5.69 Å². The summed E-state index contributed by atoms with van der Waals surface area (Å²) in [5.41, 5.74) is 4.97. The third-order valence-electron chi connectivity index (χ3n) is 3.43. The lowest BCUT2D eigenvalue weighted by Crippen LogP contribution is -2.50. The Balaban J connectivity index is 2.56. The topological polar surface area (TPSA) is 83.6 Å². The summed E-state index contributed by atoms with van der Waals surface area (Å²) in [5, 5.41) is 9.22. The molecule has 1 heterocycles. The zero-order valence-corrected chi connectivity index (χ0v) is 10.5. The molecule has 0 saturated heterocycles. The molecule has 2 rings (SSSR count). The van der Waals surface area contributed by atoms with E-state index in [-0.39, 0.29) is 31.0 Å². The van der Waals surface area contributed by atoms with Crippen molar-refractivity contribution in [2.24, 2.45) is 5.73 Å². The second-order valence-corrected chi connectivity index (χ2v) is 4.81. The second kappa shape index (κ2) is 4.62. The summed E-state index contributed by atoms with van der Waals surface area (Å²) in [5.74, 6) is -2.02. The maximum Gasteiger partial charge on any atom is 0.324 e. The molecule has 5 nitrogen and oxygen atoms in total. The number of aliphatic carboxylic acids is 1. The van der Waals surface area contributed by atoms with Crippen molar-refractivity contribution < 1.29 is 19.1 Å². The monoisotopic (exact) mass is 266 g/mol. The van der Waals surface area contributed by atoms with Gasteiger partial charge < -0.3 is 15.7 Å². The zero-order valence-electron chi connectivity index (χ0n) is 10.5. The fourth-order valence-electron chi connectivity index (χ4n) is 2.35. The summed E-state index contributed by atoms with van der Waals surface area (Å²) < 4.78 is 13.9. The van der Waals surface area contributed by atoms with Crippen LogP contribution in [0.15, 0.2) is 18.2 Å². The normalized spacial score (nSPS) is 22.6. The second-order valence-electron chi connectivity index (χ2n) is 4.81. The Hall–Kier alpha value is -1.95. The smallest absolute Gasteiger partial charge is 0.324 e. The average molecular weight is 266 g/mol. The molecule has 0 fully saturated rings. The van der Waals surface area contributed by atoms with Gasteiger partial charge in [-0.25, -0.2) is 4.39 Å². The summed E-state index contributed by atoms with van der Waals surface area (Å²) >= 11 is 0. The van der Waals surface area contributed by atoms with Gasteiger partial charge in [0.15, 0.2) is 0 Å². The minimum atomic E-state index is -1.48. The summed E-state index contributed by atoms with van der Waals surface area (Å²) in [6.45, 7) is 1.41. The maximum absolute atomic E-state index is 13.9. The number of carboxylic acids is 1. The molecule has 19 heavy (non-hydrogen) atoms. The molecule has 102 valence electrons. The Bertz CT molecular complexity index is 547. The lowest BCUT2D eigenvalue weighted by atomic mass is 9.89. The van der Waals surface area contributed by atoms with E-state index in [4.69, 9.17) is 5.73 Å². The first kappa shape index (κ1) is 13.5. The van der Waals surface area contributed by atoms with E-state index in [1.165, 1.54) is 24.0 Å². The number of anilines is 1. The molecule has 1 unspecified atom stereocenters. The van der Waals surface area contributed by atoms with E-state index in [0.717, 1.165) is 0 Å². The molecular weight excluding hydrogens is 251 g/mol.